The molecule has 2 heterocycles. The molecular formula is C17H23BrN2O3S. The van der Waals surface area contributed by atoms with Gasteiger partial charge in [0.05, 0.1) is 5.69 Å². The van der Waals surface area contributed by atoms with Crippen LogP contribution < -0.4 is 4.90 Å². The molecule has 3 rings (SSSR count). The summed E-state index contributed by atoms with van der Waals surface area (Å²) in [5.74, 6) is 0.436. The summed E-state index contributed by atoms with van der Waals surface area (Å²) in [6.45, 7) is 6.68. The maximum absolute atomic E-state index is 13.2. The zero-order valence-corrected chi connectivity index (χ0v) is 16.7. The number of sulfonamides is 1. The minimum atomic E-state index is -3.61. The first-order valence-electron chi connectivity index (χ1n) is 8.34. The Labute approximate surface area is 152 Å². The van der Waals surface area contributed by atoms with Crippen LogP contribution in [0.25, 0.3) is 0 Å². The highest BCUT2D eigenvalue weighted by Crippen LogP contribution is 2.41. The molecule has 0 aromatic heterocycles. The van der Waals surface area contributed by atoms with Crippen molar-refractivity contribution in [3.63, 3.8) is 0 Å². The Hall–Kier alpha value is -0.920. The number of hydrogen-bond acceptors (Lipinski definition) is 3. The number of halogens is 1. The zero-order chi connectivity index (χ0) is 17.6. The van der Waals surface area contributed by atoms with Crippen molar-refractivity contribution < 1.29 is 13.2 Å². The van der Waals surface area contributed by atoms with Crippen LogP contribution in [-0.4, -0.2) is 37.8 Å². The van der Waals surface area contributed by atoms with E-state index in [0.717, 1.165) is 22.9 Å². The van der Waals surface area contributed by atoms with Crippen molar-refractivity contribution in [2.45, 2.75) is 51.0 Å². The molecule has 2 aliphatic heterocycles. The largest absolute Gasteiger partial charge is 0.308 e. The van der Waals surface area contributed by atoms with E-state index in [1.165, 1.54) is 6.92 Å². The molecule has 132 valence electrons. The molecule has 1 atom stereocenters. The van der Waals surface area contributed by atoms with Crippen LogP contribution in [0, 0.1) is 5.92 Å². The lowest BCUT2D eigenvalue weighted by atomic mass is 10.0. The van der Waals surface area contributed by atoms with E-state index in [1.807, 2.05) is 13.0 Å². The van der Waals surface area contributed by atoms with Gasteiger partial charge in [-0.15, -0.1) is 0 Å². The van der Waals surface area contributed by atoms with Crippen LogP contribution in [0.4, 0.5) is 5.69 Å². The molecule has 0 radical (unpaired) electrons. The Balaban J connectivity index is 2.10. The lowest BCUT2D eigenvalue weighted by Crippen LogP contribution is -2.39. The summed E-state index contributed by atoms with van der Waals surface area (Å²) < 4.78 is 28.8. The van der Waals surface area contributed by atoms with Crippen molar-refractivity contribution in [1.82, 2.24) is 4.31 Å². The fourth-order valence-corrected chi connectivity index (χ4v) is 6.09. The molecule has 0 spiro atoms. The van der Waals surface area contributed by atoms with Gasteiger partial charge in [0.2, 0.25) is 15.9 Å². The maximum Gasteiger partial charge on any atom is 0.245 e. The molecule has 7 heteroatoms. The van der Waals surface area contributed by atoms with Gasteiger partial charge in [0.15, 0.2) is 0 Å². The zero-order valence-electron chi connectivity index (χ0n) is 14.3. The molecule has 1 unspecified atom stereocenters. The summed E-state index contributed by atoms with van der Waals surface area (Å²) in [5, 5.41) is 0. The number of hydrogen-bond donors (Lipinski definition) is 0. The third kappa shape index (κ3) is 3.02. The Bertz CT molecular complexity index is 770. The molecule has 0 aliphatic carbocycles. The first-order valence-corrected chi connectivity index (χ1v) is 10.6. The fraction of sp³-hybridized carbons (Fsp3) is 0.588. The molecule has 1 aromatic carbocycles. The van der Waals surface area contributed by atoms with Crippen LogP contribution in [0.3, 0.4) is 0 Å². The number of fused-ring (bicyclic) bond motifs is 1. The van der Waals surface area contributed by atoms with Crippen molar-refractivity contribution in [2.75, 3.05) is 18.0 Å². The summed E-state index contributed by atoms with van der Waals surface area (Å²) in [4.78, 5) is 14.0. The molecule has 0 saturated carbocycles. The average Bonchev–Trinajstić information content (AvgIpc) is 2.82. The van der Waals surface area contributed by atoms with E-state index in [1.54, 1.807) is 15.3 Å². The molecule has 1 saturated heterocycles. The number of rotatable bonds is 2. The predicted octanol–water partition coefficient (Wildman–Crippen LogP) is 3.17. The van der Waals surface area contributed by atoms with E-state index in [0.29, 0.717) is 31.1 Å². The van der Waals surface area contributed by atoms with Crippen molar-refractivity contribution in [2.24, 2.45) is 5.92 Å². The number of amides is 1. The van der Waals surface area contributed by atoms with E-state index >= 15 is 0 Å². The van der Waals surface area contributed by atoms with Crippen LogP contribution in [-0.2, 0) is 21.2 Å². The highest BCUT2D eigenvalue weighted by molar-refractivity contribution is 9.10. The average molecular weight is 415 g/mol. The van der Waals surface area contributed by atoms with E-state index in [9.17, 15) is 13.2 Å². The van der Waals surface area contributed by atoms with Gasteiger partial charge in [-0.1, -0.05) is 22.9 Å². The summed E-state index contributed by atoms with van der Waals surface area (Å²) in [7, 11) is -3.61. The maximum atomic E-state index is 13.2. The Morgan fingerprint density at radius 3 is 2.42 bits per heavy atom. The van der Waals surface area contributed by atoms with Gasteiger partial charge in [-0.3, -0.25) is 4.79 Å². The monoisotopic (exact) mass is 414 g/mol. The number of piperidine rings is 1. The van der Waals surface area contributed by atoms with Crippen LogP contribution >= 0.6 is 15.9 Å². The lowest BCUT2D eigenvalue weighted by molar-refractivity contribution is -0.116. The topological polar surface area (TPSA) is 57.7 Å². The minimum Gasteiger partial charge on any atom is -0.308 e. The van der Waals surface area contributed by atoms with Crippen LogP contribution in [0.1, 0.15) is 39.2 Å². The molecule has 1 amide bonds. The second kappa shape index (κ2) is 6.42. The Morgan fingerprint density at radius 2 is 1.83 bits per heavy atom. The van der Waals surface area contributed by atoms with Gasteiger partial charge >= 0.3 is 0 Å². The number of benzene rings is 1. The second-order valence-corrected chi connectivity index (χ2v) is 9.76. The quantitative estimate of drug-likeness (QED) is 0.746. The minimum absolute atomic E-state index is 0.0258. The molecular weight excluding hydrogens is 392 g/mol. The molecule has 2 aliphatic rings. The molecule has 5 nitrogen and oxygen atoms in total. The summed E-state index contributed by atoms with van der Waals surface area (Å²) in [6, 6.07) is 3.54. The first kappa shape index (κ1) is 17.9. The second-order valence-electron chi connectivity index (χ2n) is 6.94. The standard InChI is InChI=1S/C17H23BrN2O3S/c1-11-4-6-19(7-5-11)24(22,23)16-10-15(18)9-14-8-12(2)20(13(3)21)17(14)16/h9-12H,4-8H2,1-3H3. The normalized spacial score (nSPS) is 22.7. The van der Waals surface area contributed by atoms with E-state index in [-0.39, 0.29) is 16.8 Å². The van der Waals surface area contributed by atoms with Gasteiger partial charge < -0.3 is 4.90 Å². The highest BCUT2D eigenvalue weighted by atomic mass is 79.9. The van der Waals surface area contributed by atoms with Gasteiger partial charge in [0.1, 0.15) is 4.90 Å². The third-order valence-corrected chi connectivity index (χ3v) is 7.39. The van der Waals surface area contributed by atoms with Gasteiger partial charge in [0, 0.05) is 30.5 Å². The fourth-order valence-electron chi connectivity index (χ4n) is 3.72. The predicted molar refractivity (Wildman–Crippen MR) is 97.6 cm³/mol. The van der Waals surface area contributed by atoms with Crippen LogP contribution in [0.5, 0.6) is 0 Å². The van der Waals surface area contributed by atoms with Gasteiger partial charge in [0.25, 0.3) is 0 Å². The first-order chi connectivity index (χ1) is 11.2. The molecule has 1 aromatic rings. The Morgan fingerprint density at radius 1 is 1.21 bits per heavy atom. The molecule has 24 heavy (non-hydrogen) atoms. The number of carbonyl (C=O) groups excluding carboxylic acids is 1. The van der Waals surface area contributed by atoms with E-state index in [2.05, 4.69) is 22.9 Å². The van der Waals surface area contributed by atoms with Gasteiger partial charge in [-0.05, 0) is 49.8 Å². The van der Waals surface area contributed by atoms with E-state index in [4.69, 9.17) is 0 Å². The molecule has 0 bridgehead atoms. The van der Waals surface area contributed by atoms with Crippen LogP contribution in [0.15, 0.2) is 21.5 Å². The van der Waals surface area contributed by atoms with Crippen LogP contribution in [0.2, 0.25) is 0 Å². The highest BCUT2D eigenvalue weighted by Gasteiger charge is 2.38. The van der Waals surface area contributed by atoms with Crippen molar-refractivity contribution in [1.29, 1.82) is 0 Å². The lowest BCUT2D eigenvalue weighted by Gasteiger charge is -2.31. The number of anilines is 1. The van der Waals surface area contributed by atoms with Gasteiger partial charge in [-0.2, -0.15) is 4.31 Å². The third-order valence-electron chi connectivity index (χ3n) is 5.02. The molecule has 0 N–H and O–H groups in total. The SMILES string of the molecule is CC(=O)N1c2c(cc(Br)cc2S(=O)(=O)N2CCC(C)CC2)CC1C. The number of carbonyl (C=O) groups is 1. The smallest absolute Gasteiger partial charge is 0.245 e. The van der Waals surface area contributed by atoms with Crippen molar-refractivity contribution in [3.05, 3.63) is 22.2 Å². The molecule has 1 fully saturated rings. The number of nitrogens with zero attached hydrogens (tertiary/aromatic N) is 2. The summed E-state index contributed by atoms with van der Waals surface area (Å²) >= 11 is 3.43. The van der Waals surface area contributed by atoms with Gasteiger partial charge in [-0.25, -0.2) is 8.42 Å². The van der Waals surface area contributed by atoms with Crippen molar-refractivity contribution in [3.8, 4) is 0 Å². The Kier molecular flexibility index (Phi) is 4.79. The summed E-state index contributed by atoms with van der Waals surface area (Å²) in [5.41, 5.74) is 1.48. The summed E-state index contributed by atoms with van der Waals surface area (Å²) in [6.07, 6.45) is 2.43. The van der Waals surface area contributed by atoms with E-state index < -0.39 is 10.0 Å². The van der Waals surface area contributed by atoms with Crippen molar-refractivity contribution >= 4 is 37.5 Å².